The number of rotatable bonds is 3. The van der Waals surface area contributed by atoms with E-state index in [0.717, 1.165) is 0 Å². The molecule has 1 heterocycles. The maximum absolute atomic E-state index is 12.8. The highest BCUT2D eigenvalue weighted by Gasteiger charge is 2.89. The number of aliphatic hydroxyl groups is 2. The van der Waals surface area contributed by atoms with Crippen LogP contribution in [0, 0.1) is 17.3 Å². The molecular weight excluding hydrogens is 300 g/mol. The molecular formula is C17H24O6. The third-order valence-corrected chi connectivity index (χ3v) is 5.95. The molecule has 6 unspecified atom stereocenters. The van der Waals surface area contributed by atoms with Crippen molar-refractivity contribution >= 4 is 11.8 Å². The standard InChI is InChI=1S/C17H24O6/c1-8(7-18)16-13(21)12(20)9(2)11-6-15(4,5)14(22-10(3)19)17(11,16)23-16/h9,11-12,14,18,20H,1,6-7H2,2-5H3. The molecule has 6 atom stereocenters. The Bertz CT molecular complexity index is 596. The summed E-state index contributed by atoms with van der Waals surface area (Å²) in [5.41, 5.74) is -2.68. The molecule has 0 radical (unpaired) electrons. The fourth-order valence-electron chi connectivity index (χ4n) is 4.94. The highest BCUT2D eigenvalue weighted by atomic mass is 16.7. The van der Waals surface area contributed by atoms with Gasteiger partial charge in [0.2, 0.25) is 5.78 Å². The number of aliphatic hydroxyl groups excluding tert-OH is 2. The van der Waals surface area contributed by atoms with Gasteiger partial charge in [0.1, 0.15) is 12.2 Å². The van der Waals surface area contributed by atoms with E-state index in [2.05, 4.69) is 6.58 Å². The summed E-state index contributed by atoms with van der Waals surface area (Å²) in [6.07, 6.45) is -1.15. The summed E-state index contributed by atoms with van der Waals surface area (Å²) in [7, 11) is 0. The van der Waals surface area contributed by atoms with Crippen LogP contribution in [-0.2, 0) is 19.1 Å². The van der Waals surface area contributed by atoms with E-state index in [1.165, 1.54) is 6.92 Å². The monoisotopic (exact) mass is 324 g/mol. The van der Waals surface area contributed by atoms with E-state index in [1.807, 2.05) is 20.8 Å². The molecule has 128 valence electrons. The van der Waals surface area contributed by atoms with Gasteiger partial charge in [0.25, 0.3) is 0 Å². The highest BCUT2D eigenvalue weighted by molar-refractivity contribution is 6.00. The van der Waals surface area contributed by atoms with Gasteiger partial charge in [-0.2, -0.15) is 0 Å². The van der Waals surface area contributed by atoms with E-state index >= 15 is 0 Å². The van der Waals surface area contributed by atoms with Crippen LogP contribution in [0.5, 0.6) is 0 Å². The number of ether oxygens (including phenoxy) is 2. The number of hydrogen-bond acceptors (Lipinski definition) is 6. The maximum atomic E-state index is 12.8. The van der Waals surface area contributed by atoms with Crippen molar-refractivity contribution in [3.8, 4) is 0 Å². The van der Waals surface area contributed by atoms with Gasteiger partial charge in [-0.05, 0) is 17.9 Å². The van der Waals surface area contributed by atoms with Crippen LogP contribution in [0.25, 0.3) is 0 Å². The second kappa shape index (κ2) is 4.65. The molecule has 23 heavy (non-hydrogen) atoms. The first-order valence-electron chi connectivity index (χ1n) is 7.95. The molecule has 3 rings (SSSR count). The Balaban J connectivity index is 2.15. The zero-order valence-corrected chi connectivity index (χ0v) is 14.0. The molecule has 1 saturated heterocycles. The Labute approximate surface area is 135 Å². The minimum Gasteiger partial charge on any atom is -0.459 e. The molecule has 1 aliphatic heterocycles. The molecule has 3 fully saturated rings. The number of esters is 1. The number of Topliss-reactive ketones (excluding diaryl/α,β-unsaturated/α-hetero) is 1. The van der Waals surface area contributed by atoms with Crippen molar-refractivity contribution in [2.45, 2.75) is 57.5 Å². The lowest BCUT2D eigenvalue weighted by atomic mass is 9.64. The van der Waals surface area contributed by atoms with E-state index in [9.17, 15) is 19.8 Å². The normalized spacial score (nSPS) is 46.8. The van der Waals surface area contributed by atoms with Crippen LogP contribution in [0.4, 0.5) is 0 Å². The summed E-state index contributed by atoms with van der Waals surface area (Å²) < 4.78 is 11.6. The molecule has 2 saturated carbocycles. The molecule has 0 bridgehead atoms. The number of carbonyl (C=O) groups excluding carboxylic acids is 2. The smallest absolute Gasteiger partial charge is 0.303 e. The van der Waals surface area contributed by atoms with Gasteiger partial charge in [0.15, 0.2) is 11.2 Å². The van der Waals surface area contributed by atoms with Crippen molar-refractivity contribution in [1.82, 2.24) is 0 Å². The average molecular weight is 324 g/mol. The fraction of sp³-hybridized carbons (Fsp3) is 0.765. The van der Waals surface area contributed by atoms with Gasteiger partial charge in [0, 0.05) is 18.3 Å². The average Bonchev–Trinajstić information content (AvgIpc) is 3.12. The summed E-state index contributed by atoms with van der Waals surface area (Å²) in [5, 5.41) is 19.9. The lowest BCUT2D eigenvalue weighted by molar-refractivity contribution is -0.156. The second-order valence-corrected chi connectivity index (χ2v) is 7.79. The molecule has 6 nitrogen and oxygen atoms in total. The van der Waals surface area contributed by atoms with Crippen LogP contribution in [0.3, 0.4) is 0 Å². The van der Waals surface area contributed by atoms with Gasteiger partial charge in [0.05, 0.1) is 6.61 Å². The number of hydrogen-bond donors (Lipinski definition) is 2. The molecule has 0 aromatic heterocycles. The molecule has 2 aliphatic carbocycles. The first-order valence-corrected chi connectivity index (χ1v) is 7.95. The van der Waals surface area contributed by atoms with Gasteiger partial charge >= 0.3 is 5.97 Å². The van der Waals surface area contributed by atoms with E-state index < -0.39 is 47.2 Å². The van der Waals surface area contributed by atoms with Crippen LogP contribution >= 0.6 is 0 Å². The first-order chi connectivity index (χ1) is 10.6. The van der Waals surface area contributed by atoms with Gasteiger partial charge < -0.3 is 19.7 Å². The summed E-state index contributed by atoms with van der Waals surface area (Å²) in [6, 6.07) is 0. The van der Waals surface area contributed by atoms with Crippen LogP contribution in [0.2, 0.25) is 0 Å². The third-order valence-electron chi connectivity index (χ3n) is 5.95. The SMILES string of the molecule is C=C(CO)C12OC13C(CC(C)(C)C3OC(C)=O)C(C)C(O)C2=O. The summed E-state index contributed by atoms with van der Waals surface area (Å²) >= 11 is 0. The Kier molecular flexibility index (Phi) is 3.36. The largest absolute Gasteiger partial charge is 0.459 e. The predicted molar refractivity (Wildman–Crippen MR) is 80.4 cm³/mol. The van der Waals surface area contributed by atoms with E-state index in [4.69, 9.17) is 9.47 Å². The van der Waals surface area contributed by atoms with Gasteiger partial charge in [-0.1, -0.05) is 27.4 Å². The Morgan fingerprint density at radius 2 is 2.09 bits per heavy atom. The Hall–Kier alpha value is -1.24. The second-order valence-electron chi connectivity index (χ2n) is 7.79. The van der Waals surface area contributed by atoms with Gasteiger partial charge in [-0.25, -0.2) is 0 Å². The minimum absolute atomic E-state index is 0.155. The number of carbonyl (C=O) groups is 2. The van der Waals surface area contributed by atoms with Gasteiger partial charge in [-0.15, -0.1) is 0 Å². The van der Waals surface area contributed by atoms with Crippen molar-refractivity contribution < 1.29 is 29.3 Å². The van der Waals surface area contributed by atoms with Crippen molar-refractivity contribution in [3.05, 3.63) is 12.2 Å². The highest BCUT2D eigenvalue weighted by Crippen LogP contribution is 2.72. The minimum atomic E-state index is -1.45. The van der Waals surface area contributed by atoms with Crippen LogP contribution in [-0.4, -0.2) is 52.0 Å². The lowest BCUT2D eigenvalue weighted by Gasteiger charge is -2.37. The lowest BCUT2D eigenvalue weighted by Crippen LogP contribution is -2.58. The third kappa shape index (κ3) is 1.74. The number of epoxide rings is 1. The van der Waals surface area contributed by atoms with Crippen molar-refractivity contribution in [3.63, 3.8) is 0 Å². The molecule has 0 aromatic rings. The molecule has 0 aromatic carbocycles. The number of ketones is 1. The van der Waals surface area contributed by atoms with E-state index in [-0.39, 0.29) is 17.4 Å². The van der Waals surface area contributed by atoms with Crippen molar-refractivity contribution in [2.24, 2.45) is 17.3 Å². The zero-order valence-electron chi connectivity index (χ0n) is 14.0. The van der Waals surface area contributed by atoms with Crippen LogP contribution in [0.15, 0.2) is 12.2 Å². The molecule has 2 N–H and O–H groups in total. The molecule has 0 amide bonds. The topological polar surface area (TPSA) is 96.4 Å². The summed E-state index contributed by atoms with van der Waals surface area (Å²) in [4.78, 5) is 24.4. The zero-order chi connectivity index (χ0) is 17.4. The molecule has 3 aliphatic rings. The Morgan fingerprint density at radius 1 is 1.48 bits per heavy atom. The van der Waals surface area contributed by atoms with Gasteiger partial charge in [-0.3, -0.25) is 9.59 Å². The summed E-state index contributed by atoms with van der Waals surface area (Å²) in [5.74, 6) is -1.40. The quantitative estimate of drug-likeness (QED) is 0.448. The van der Waals surface area contributed by atoms with Crippen molar-refractivity contribution in [2.75, 3.05) is 6.61 Å². The Morgan fingerprint density at radius 3 is 2.61 bits per heavy atom. The summed E-state index contributed by atoms with van der Waals surface area (Å²) in [6.45, 7) is 10.4. The molecule has 6 heteroatoms. The van der Waals surface area contributed by atoms with E-state index in [1.54, 1.807) is 0 Å². The van der Waals surface area contributed by atoms with Crippen LogP contribution < -0.4 is 0 Å². The van der Waals surface area contributed by atoms with Crippen molar-refractivity contribution in [1.29, 1.82) is 0 Å². The fourth-order valence-corrected chi connectivity index (χ4v) is 4.94. The predicted octanol–water partition coefficient (Wildman–Crippen LogP) is 0.600. The van der Waals surface area contributed by atoms with Crippen LogP contribution in [0.1, 0.15) is 34.1 Å². The maximum Gasteiger partial charge on any atom is 0.303 e. The van der Waals surface area contributed by atoms with E-state index in [0.29, 0.717) is 6.42 Å². The molecule has 1 spiro atoms. The first kappa shape index (κ1) is 16.6.